The first-order chi connectivity index (χ1) is 11.5. The molecule has 1 aromatic carbocycles. The van der Waals surface area contributed by atoms with Gasteiger partial charge in [-0.2, -0.15) is 0 Å². The van der Waals surface area contributed by atoms with Crippen LogP contribution in [0.5, 0.6) is 0 Å². The molecule has 8 heteroatoms. The van der Waals surface area contributed by atoms with Crippen molar-refractivity contribution in [3.8, 4) is 0 Å². The van der Waals surface area contributed by atoms with E-state index in [-0.39, 0.29) is 23.7 Å². The molecule has 1 amide bonds. The maximum Gasteiger partial charge on any atom is 0.257 e. The second-order valence-electron chi connectivity index (χ2n) is 5.45. The first-order valence-electron chi connectivity index (χ1n) is 7.51. The number of benzene rings is 1. The second kappa shape index (κ2) is 7.06. The summed E-state index contributed by atoms with van der Waals surface area (Å²) < 4.78 is 14.9. The SMILES string of the molecule is CCCSc1nc2c(c(=O)[nH]1)[C@H](c1cc(Br)ccc1F)CC(=O)N2. The number of nitrogens with one attached hydrogen (secondary N) is 2. The zero-order valence-electron chi connectivity index (χ0n) is 12.9. The van der Waals surface area contributed by atoms with Crippen molar-refractivity contribution in [2.24, 2.45) is 0 Å². The number of anilines is 1. The van der Waals surface area contributed by atoms with E-state index < -0.39 is 11.7 Å². The van der Waals surface area contributed by atoms with Crippen molar-refractivity contribution in [2.45, 2.75) is 30.8 Å². The highest BCUT2D eigenvalue weighted by molar-refractivity contribution is 9.10. The van der Waals surface area contributed by atoms with E-state index in [4.69, 9.17) is 0 Å². The van der Waals surface area contributed by atoms with Gasteiger partial charge < -0.3 is 10.3 Å². The predicted octanol–water partition coefficient (Wildman–Crippen LogP) is 3.65. The van der Waals surface area contributed by atoms with Gasteiger partial charge in [0.15, 0.2) is 5.16 Å². The molecule has 1 aromatic heterocycles. The van der Waals surface area contributed by atoms with E-state index in [1.807, 2.05) is 6.92 Å². The predicted molar refractivity (Wildman–Crippen MR) is 95.1 cm³/mol. The summed E-state index contributed by atoms with van der Waals surface area (Å²) in [4.78, 5) is 31.6. The fourth-order valence-electron chi connectivity index (χ4n) is 2.67. The molecule has 0 saturated heterocycles. The summed E-state index contributed by atoms with van der Waals surface area (Å²) in [6.45, 7) is 2.03. The molecule has 1 aliphatic heterocycles. The molecule has 0 saturated carbocycles. The van der Waals surface area contributed by atoms with Crippen LogP contribution in [0.3, 0.4) is 0 Å². The van der Waals surface area contributed by atoms with Crippen LogP contribution in [0.4, 0.5) is 10.2 Å². The van der Waals surface area contributed by atoms with E-state index in [0.29, 0.717) is 20.8 Å². The maximum atomic E-state index is 14.3. The Kier molecular flexibility index (Phi) is 5.05. The lowest BCUT2D eigenvalue weighted by molar-refractivity contribution is -0.116. The number of aromatic amines is 1. The smallest absolute Gasteiger partial charge is 0.257 e. The van der Waals surface area contributed by atoms with Crippen molar-refractivity contribution in [3.63, 3.8) is 0 Å². The number of halogens is 2. The Labute approximate surface area is 150 Å². The van der Waals surface area contributed by atoms with E-state index in [1.54, 1.807) is 12.1 Å². The van der Waals surface area contributed by atoms with Crippen LogP contribution < -0.4 is 10.9 Å². The summed E-state index contributed by atoms with van der Waals surface area (Å²) in [7, 11) is 0. The Bertz CT molecular complexity index is 856. The minimum atomic E-state index is -0.660. The van der Waals surface area contributed by atoms with Gasteiger partial charge in [-0.1, -0.05) is 34.6 Å². The van der Waals surface area contributed by atoms with Gasteiger partial charge in [0.1, 0.15) is 11.6 Å². The van der Waals surface area contributed by atoms with Crippen LogP contribution in [0, 0.1) is 5.82 Å². The number of rotatable bonds is 4. The van der Waals surface area contributed by atoms with Crippen LogP contribution in [0.1, 0.15) is 36.8 Å². The van der Waals surface area contributed by atoms with Gasteiger partial charge in [-0.05, 0) is 30.2 Å². The Morgan fingerprint density at radius 3 is 2.96 bits per heavy atom. The van der Waals surface area contributed by atoms with Crippen molar-refractivity contribution in [1.29, 1.82) is 0 Å². The zero-order chi connectivity index (χ0) is 17.3. The normalized spacial score (nSPS) is 16.6. The number of hydrogen-bond donors (Lipinski definition) is 2. The molecule has 24 heavy (non-hydrogen) atoms. The standard InChI is InChI=1S/C16H15BrFN3O2S/c1-2-5-24-16-20-14-13(15(23)21-16)10(7-12(22)19-14)9-6-8(17)3-4-11(9)18/h3-4,6,10H,2,5,7H2,1H3,(H2,19,20,21,22,23)/t10-/m0/s1. The fourth-order valence-corrected chi connectivity index (χ4v) is 3.76. The zero-order valence-corrected chi connectivity index (χ0v) is 15.3. The minimum absolute atomic E-state index is 0.00653. The highest BCUT2D eigenvalue weighted by Gasteiger charge is 2.32. The highest BCUT2D eigenvalue weighted by atomic mass is 79.9. The molecular weight excluding hydrogens is 397 g/mol. The molecule has 0 aliphatic carbocycles. The maximum absolute atomic E-state index is 14.3. The number of nitrogens with zero attached hydrogens (tertiary/aromatic N) is 1. The Morgan fingerprint density at radius 2 is 2.21 bits per heavy atom. The molecule has 2 heterocycles. The number of hydrogen-bond acceptors (Lipinski definition) is 4. The van der Waals surface area contributed by atoms with Crippen LogP contribution in [-0.4, -0.2) is 21.6 Å². The lowest BCUT2D eigenvalue weighted by Gasteiger charge is -2.25. The number of carbonyl (C=O) groups is 1. The van der Waals surface area contributed by atoms with Crippen molar-refractivity contribution < 1.29 is 9.18 Å². The number of fused-ring (bicyclic) bond motifs is 1. The molecule has 5 nitrogen and oxygen atoms in total. The molecule has 3 rings (SSSR count). The van der Waals surface area contributed by atoms with Crippen molar-refractivity contribution in [2.75, 3.05) is 11.1 Å². The van der Waals surface area contributed by atoms with E-state index in [9.17, 15) is 14.0 Å². The summed E-state index contributed by atoms with van der Waals surface area (Å²) in [5.41, 5.74) is 0.261. The van der Waals surface area contributed by atoms with Gasteiger partial charge in [-0.25, -0.2) is 9.37 Å². The van der Waals surface area contributed by atoms with Gasteiger partial charge in [0.2, 0.25) is 5.91 Å². The van der Waals surface area contributed by atoms with Crippen molar-refractivity contribution >= 4 is 39.4 Å². The van der Waals surface area contributed by atoms with Gasteiger partial charge in [0, 0.05) is 22.6 Å². The lowest BCUT2D eigenvalue weighted by Crippen LogP contribution is -2.31. The van der Waals surface area contributed by atoms with E-state index >= 15 is 0 Å². The number of carbonyl (C=O) groups excluding carboxylic acids is 1. The molecule has 0 bridgehead atoms. The molecule has 0 fully saturated rings. The molecular formula is C16H15BrFN3O2S. The van der Waals surface area contributed by atoms with Crippen LogP contribution in [0.2, 0.25) is 0 Å². The van der Waals surface area contributed by atoms with Gasteiger partial charge in [-0.15, -0.1) is 0 Å². The minimum Gasteiger partial charge on any atom is -0.310 e. The average Bonchev–Trinajstić information content (AvgIpc) is 2.54. The molecule has 0 unspecified atom stereocenters. The first-order valence-corrected chi connectivity index (χ1v) is 9.29. The monoisotopic (exact) mass is 411 g/mol. The molecule has 2 N–H and O–H groups in total. The first kappa shape index (κ1) is 17.2. The Morgan fingerprint density at radius 1 is 1.42 bits per heavy atom. The molecule has 1 aliphatic rings. The third-order valence-electron chi connectivity index (χ3n) is 3.71. The summed E-state index contributed by atoms with van der Waals surface area (Å²) in [6, 6.07) is 4.50. The third kappa shape index (κ3) is 3.39. The van der Waals surface area contributed by atoms with Crippen LogP contribution >= 0.6 is 27.7 Å². The topological polar surface area (TPSA) is 74.8 Å². The summed E-state index contributed by atoms with van der Waals surface area (Å²) in [5, 5.41) is 3.09. The number of H-pyrrole nitrogens is 1. The largest absolute Gasteiger partial charge is 0.310 e. The van der Waals surface area contributed by atoms with E-state index in [0.717, 1.165) is 12.2 Å². The van der Waals surface area contributed by atoms with Crippen LogP contribution in [0.25, 0.3) is 0 Å². The lowest BCUT2D eigenvalue weighted by atomic mass is 9.86. The number of amides is 1. The third-order valence-corrected chi connectivity index (χ3v) is 5.28. The molecule has 0 radical (unpaired) electrons. The average molecular weight is 412 g/mol. The van der Waals surface area contributed by atoms with Gasteiger partial charge in [-0.3, -0.25) is 9.59 Å². The number of aromatic nitrogens is 2. The quantitative estimate of drug-likeness (QED) is 0.594. The number of thioether (sulfide) groups is 1. The molecule has 1 atom stereocenters. The van der Waals surface area contributed by atoms with Gasteiger partial charge in [0.05, 0.1) is 5.56 Å². The van der Waals surface area contributed by atoms with Crippen molar-refractivity contribution in [3.05, 3.63) is 50.0 Å². The van der Waals surface area contributed by atoms with Crippen LogP contribution in [0.15, 0.2) is 32.6 Å². The summed E-state index contributed by atoms with van der Waals surface area (Å²) in [5.74, 6) is -0.367. The Balaban J connectivity index is 2.11. The summed E-state index contributed by atoms with van der Waals surface area (Å²) >= 11 is 4.72. The van der Waals surface area contributed by atoms with Gasteiger partial charge in [0.25, 0.3) is 5.56 Å². The van der Waals surface area contributed by atoms with Crippen LogP contribution in [-0.2, 0) is 4.79 Å². The fraction of sp³-hybridized carbons (Fsp3) is 0.312. The van der Waals surface area contributed by atoms with Crippen molar-refractivity contribution in [1.82, 2.24) is 9.97 Å². The Hall–Kier alpha value is -1.67. The molecule has 126 valence electrons. The highest BCUT2D eigenvalue weighted by Crippen LogP contribution is 2.36. The van der Waals surface area contributed by atoms with E-state index in [2.05, 4.69) is 31.2 Å². The summed E-state index contributed by atoms with van der Waals surface area (Å²) in [6.07, 6.45) is 0.941. The molecule has 2 aromatic rings. The second-order valence-corrected chi connectivity index (χ2v) is 7.45. The van der Waals surface area contributed by atoms with E-state index in [1.165, 1.54) is 17.8 Å². The van der Waals surface area contributed by atoms with Gasteiger partial charge >= 0.3 is 0 Å². The molecule has 0 spiro atoms.